The van der Waals surface area contributed by atoms with E-state index in [1.165, 1.54) is 34.8 Å². The number of nitrogens with zero attached hydrogens (tertiary/aromatic N) is 4. The summed E-state index contributed by atoms with van der Waals surface area (Å²) in [5.74, 6) is 1.96. The molecule has 3 aromatic rings. The average Bonchev–Trinajstić information content (AvgIpc) is 3.21. The van der Waals surface area contributed by atoms with Gasteiger partial charge in [-0.05, 0) is 44.7 Å². The Morgan fingerprint density at radius 1 is 1.25 bits per heavy atom. The van der Waals surface area contributed by atoms with Gasteiger partial charge in [0.25, 0.3) is 5.89 Å². The summed E-state index contributed by atoms with van der Waals surface area (Å²) in [6, 6.07) is 3.80. The van der Waals surface area contributed by atoms with Crippen LogP contribution in [-0.4, -0.2) is 26.7 Å². The van der Waals surface area contributed by atoms with E-state index in [4.69, 9.17) is 9.51 Å². The summed E-state index contributed by atoms with van der Waals surface area (Å²) in [6.07, 6.45) is 7.60. The Kier molecular flexibility index (Phi) is 4.25. The topological polar surface area (TPSA) is 76.7 Å². The number of hydrogen-bond acceptors (Lipinski definition) is 7. The van der Waals surface area contributed by atoms with Gasteiger partial charge in [0.2, 0.25) is 0 Å². The lowest BCUT2D eigenvalue weighted by molar-refractivity contribution is 0.425. The van der Waals surface area contributed by atoms with Crippen molar-refractivity contribution in [2.24, 2.45) is 0 Å². The van der Waals surface area contributed by atoms with E-state index in [-0.39, 0.29) is 0 Å². The SMILES string of the molecule is Cc1noc(-c2ccnc(NCCc3nc4c(s3)CCCC4)c2)n1. The summed E-state index contributed by atoms with van der Waals surface area (Å²) in [5.41, 5.74) is 2.20. The van der Waals surface area contributed by atoms with Crippen LogP contribution in [0.15, 0.2) is 22.9 Å². The number of fused-ring (bicyclic) bond motifs is 1. The summed E-state index contributed by atoms with van der Waals surface area (Å²) in [5, 5.41) is 8.40. The zero-order valence-corrected chi connectivity index (χ0v) is 14.4. The maximum absolute atomic E-state index is 5.20. The van der Waals surface area contributed by atoms with Gasteiger partial charge in [-0.15, -0.1) is 11.3 Å². The minimum absolute atomic E-state index is 0.519. The number of hydrogen-bond donors (Lipinski definition) is 1. The highest BCUT2D eigenvalue weighted by Crippen LogP contribution is 2.27. The molecule has 1 aliphatic carbocycles. The van der Waals surface area contributed by atoms with Crippen LogP contribution in [0.2, 0.25) is 0 Å². The van der Waals surface area contributed by atoms with Crippen molar-refractivity contribution in [1.29, 1.82) is 0 Å². The lowest BCUT2D eigenvalue weighted by Crippen LogP contribution is -2.06. The average molecular weight is 341 g/mol. The van der Waals surface area contributed by atoms with Crippen LogP contribution < -0.4 is 5.32 Å². The molecule has 0 aliphatic heterocycles. The normalized spacial score (nSPS) is 13.7. The zero-order valence-electron chi connectivity index (χ0n) is 13.6. The minimum Gasteiger partial charge on any atom is -0.370 e. The summed E-state index contributed by atoms with van der Waals surface area (Å²) in [7, 11) is 0. The van der Waals surface area contributed by atoms with Crippen molar-refractivity contribution in [1.82, 2.24) is 20.1 Å². The highest BCUT2D eigenvalue weighted by Gasteiger charge is 2.14. The molecule has 1 N–H and O–H groups in total. The number of aromatic nitrogens is 4. The molecule has 0 atom stereocenters. The molecule has 1 aliphatic rings. The monoisotopic (exact) mass is 341 g/mol. The molecule has 4 rings (SSSR count). The van der Waals surface area contributed by atoms with E-state index >= 15 is 0 Å². The third-order valence-corrected chi connectivity index (χ3v) is 5.29. The van der Waals surface area contributed by atoms with Gasteiger partial charge in [0.05, 0.1) is 10.7 Å². The Morgan fingerprint density at radius 3 is 3.00 bits per heavy atom. The van der Waals surface area contributed by atoms with Gasteiger partial charge in [-0.3, -0.25) is 0 Å². The van der Waals surface area contributed by atoms with E-state index < -0.39 is 0 Å². The van der Waals surface area contributed by atoms with Crippen LogP contribution in [0.1, 0.15) is 34.2 Å². The second kappa shape index (κ2) is 6.68. The summed E-state index contributed by atoms with van der Waals surface area (Å²) < 4.78 is 5.20. The molecule has 0 fully saturated rings. The number of nitrogens with one attached hydrogen (secondary N) is 1. The summed E-state index contributed by atoms with van der Waals surface area (Å²) >= 11 is 1.87. The van der Waals surface area contributed by atoms with Crippen LogP contribution in [0, 0.1) is 6.92 Å². The number of pyridine rings is 1. The van der Waals surface area contributed by atoms with Gasteiger partial charge in [-0.1, -0.05) is 5.16 Å². The molecule has 0 unspecified atom stereocenters. The smallest absolute Gasteiger partial charge is 0.258 e. The highest BCUT2D eigenvalue weighted by atomic mass is 32.1. The molecular formula is C17H19N5OS. The number of aryl methyl sites for hydroxylation is 3. The van der Waals surface area contributed by atoms with Crippen molar-refractivity contribution in [2.75, 3.05) is 11.9 Å². The van der Waals surface area contributed by atoms with Crippen molar-refractivity contribution in [3.8, 4) is 11.5 Å². The van der Waals surface area contributed by atoms with E-state index in [0.29, 0.717) is 11.7 Å². The van der Waals surface area contributed by atoms with Crippen LogP contribution in [0.25, 0.3) is 11.5 Å². The second-order valence-corrected chi connectivity index (χ2v) is 7.11. The van der Waals surface area contributed by atoms with Gasteiger partial charge in [0.1, 0.15) is 5.82 Å². The fraction of sp³-hybridized carbons (Fsp3) is 0.412. The first-order chi connectivity index (χ1) is 11.8. The van der Waals surface area contributed by atoms with Gasteiger partial charge in [0, 0.05) is 29.6 Å². The fourth-order valence-corrected chi connectivity index (χ4v) is 4.04. The van der Waals surface area contributed by atoms with Crippen LogP contribution in [0.4, 0.5) is 5.82 Å². The number of anilines is 1. The van der Waals surface area contributed by atoms with Gasteiger partial charge in [-0.25, -0.2) is 9.97 Å². The molecule has 0 saturated heterocycles. The number of thiazole rings is 1. The van der Waals surface area contributed by atoms with Crippen molar-refractivity contribution in [3.05, 3.63) is 39.7 Å². The Hall–Kier alpha value is -2.28. The summed E-state index contributed by atoms with van der Waals surface area (Å²) in [4.78, 5) is 14.9. The zero-order chi connectivity index (χ0) is 16.4. The van der Waals surface area contributed by atoms with Crippen LogP contribution >= 0.6 is 11.3 Å². The molecule has 0 amide bonds. The Bertz CT molecular complexity index is 818. The van der Waals surface area contributed by atoms with E-state index in [0.717, 1.165) is 30.8 Å². The highest BCUT2D eigenvalue weighted by molar-refractivity contribution is 7.11. The Labute approximate surface area is 144 Å². The first-order valence-corrected chi connectivity index (χ1v) is 9.07. The largest absolute Gasteiger partial charge is 0.370 e. The predicted molar refractivity (Wildman–Crippen MR) is 93.2 cm³/mol. The lowest BCUT2D eigenvalue weighted by Gasteiger charge is -2.06. The molecule has 3 heterocycles. The van der Waals surface area contributed by atoms with Crippen LogP contribution in [0.3, 0.4) is 0 Å². The third-order valence-electron chi connectivity index (χ3n) is 4.07. The van der Waals surface area contributed by atoms with E-state index in [1.807, 2.05) is 23.5 Å². The van der Waals surface area contributed by atoms with Crippen molar-refractivity contribution in [3.63, 3.8) is 0 Å². The molecule has 0 saturated carbocycles. The summed E-state index contributed by atoms with van der Waals surface area (Å²) in [6.45, 7) is 2.62. The molecule has 0 spiro atoms. The third kappa shape index (κ3) is 3.31. The van der Waals surface area contributed by atoms with Gasteiger partial charge in [0.15, 0.2) is 5.82 Å². The molecule has 24 heavy (non-hydrogen) atoms. The van der Waals surface area contributed by atoms with Crippen LogP contribution in [0.5, 0.6) is 0 Å². The van der Waals surface area contributed by atoms with Gasteiger partial charge < -0.3 is 9.84 Å². The van der Waals surface area contributed by atoms with E-state index in [2.05, 4.69) is 20.4 Å². The van der Waals surface area contributed by atoms with E-state index in [9.17, 15) is 0 Å². The van der Waals surface area contributed by atoms with Gasteiger partial charge in [-0.2, -0.15) is 4.98 Å². The standard InChI is InChI=1S/C17H19N5OS/c1-11-20-17(23-22-11)12-6-8-18-15(10-12)19-9-7-16-21-13-4-2-3-5-14(13)24-16/h6,8,10H,2-5,7,9H2,1H3,(H,18,19). The van der Waals surface area contributed by atoms with E-state index in [1.54, 1.807) is 13.1 Å². The molecule has 0 aromatic carbocycles. The van der Waals surface area contributed by atoms with Crippen molar-refractivity contribution < 1.29 is 4.52 Å². The fourth-order valence-electron chi connectivity index (χ4n) is 2.88. The first-order valence-electron chi connectivity index (χ1n) is 8.26. The molecule has 124 valence electrons. The van der Waals surface area contributed by atoms with Gasteiger partial charge >= 0.3 is 0 Å². The lowest BCUT2D eigenvalue weighted by atomic mass is 10.0. The predicted octanol–water partition coefficient (Wildman–Crippen LogP) is 3.43. The molecule has 6 nitrogen and oxygen atoms in total. The van der Waals surface area contributed by atoms with Crippen LogP contribution in [-0.2, 0) is 19.3 Å². The molecular weight excluding hydrogens is 322 g/mol. The van der Waals surface area contributed by atoms with Crippen molar-refractivity contribution >= 4 is 17.2 Å². The molecule has 3 aromatic heterocycles. The van der Waals surface area contributed by atoms with Crippen molar-refractivity contribution in [2.45, 2.75) is 39.0 Å². The second-order valence-electron chi connectivity index (χ2n) is 5.94. The Balaban J connectivity index is 1.38. The Morgan fingerprint density at radius 2 is 2.17 bits per heavy atom. The molecule has 0 bridgehead atoms. The molecule has 0 radical (unpaired) electrons. The maximum atomic E-state index is 5.20. The first kappa shape index (κ1) is 15.3. The number of rotatable bonds is 5. The minimum atomic E-state index is 0.519. The maximum Gasteiger partial charge on any atom is 0.258 e. The quantitative estimate of drug-likeness (QED) is 0.766. The molecule has 7 heteroatoms.